The fourth-order valence-electron chi connectivity index (χ4n) is 3.36. The predicted octanol–water partition coefficient (Wildman–Crippen LogP) is 1.94. The quantitative estimate of drug-likeness (QED) is 0.663. The Balaban J connectivity index is 1.78. The number of phenolic OH excluding ortho intramolecular Hbond substituents is 1. The number of amides is 1. The summed E-state index contributed by atoms with van der Waals surface area (Å²) in [7, 11) is 0. The smallest absolute Gasteiger partial charge is 0.306 e. The molecule has 0 aromatic heterocycles. The lowest BCUT2D eigenvalue weighted by Crippen LogP contribution is -2.40. The van der Waals surface area contributed by atoms with Crippen molar-refractivity contribution < 1.29 is 24.2 Å². The van der Waals surface area contributed by atoms with E-state index >= 15 is 0 Å². The predicted molar refractivity (Wildman–Crippen MR) is 94.8 cm³/mol. The maximum atomic E-state index is 13.0. The molecule has 1 saturated heterocycles. The van der Waals surface area contributed by atoms with Crippen LogP contribution in [0, 0.1) is 5.92 Å². The second kappa shape index (κ2) is 6.39. The number of fused-ring (bicyclic) bond motifs is 2. The molecule has 0 bridgehead atoms. The number of rotatable bonds is 2. The monoisotopic (exact) mass is 368 g/mol. The van der Waals surface area contributed by atoms with Crippen LogP contribution in [0.1, 0.15) is 23.2 Å². The molecule has 1 aliphatic carbocycles. The Hall–Kier alpha value is -3.42. The lowest BCUT2D eigenvalue weighted by Gasteiger charge is -2.30. The largest absolute Gasteiger partial charge is 0.507 e. The number of phenols is 1. The Morgan fingerprint density at radius 3 is 2.59 bits per heavy atom. The van der Waals surface area contributed by atoms with Gasteiger partial charge in [0, 0.05) is 19.2 Å². The van der Waals surface area contributed by atoms with Crippen molar-refractivity contribution in [2.75, 3.05) is 13.1 Å². The average Bonchev–Trinajstić information content (AvgIpc) is 2.66. The molecule has 27 heavy (non-hydrogen) atoms. The maximum Gasteiger partial charge on any atom is 0.306 e. The highest BCUT2D eigenvalue weighted by atomic mass is 16.4. The molecule has 0 saturated carbocycles. The normalized spacial score (nSPS) is 15.3. The van der Waals surface area contributed by atoms with Crippen molar-refractivity contribution in [2.24, 2.45) is 5.92 Å². The number of carboxylic acid groups (broad SMARTS) is 1. The van der Waals surface area contributed by atoms with E-state index in [1.54, 1.807) is 0 Å². The molecule has 2 aliphatic heterocycles. The van der Waals surface area contributed by atoms with Gasteiger partial charge >= 0.3 is 5.97 Å². The van der Waals surface area contributed by atoms with Crippen molar-refractivity contribution in [3.8, 4) is 17.2 Å². The number of aromatic hydroxyl groups is 1. The van der Waals surface area contributed by atoms with Gasteiger partial charge in [0.1, 0.15) is 22.5 Å². The van der Waals surface area contributed by atoms with E-state index in [0.717, 1.165) is 0 Å². The highest BCUT2D eigenvalue weighted by molar-refractivity contribution is 6.07. The minimum Gasteiger partial charge on any atom is -0.507 e. The van der Waals surface area contributed by atoms with Gasteiger partial charge < -0.3 is 19.5 Å². The van der Waals surface area contributed by atoms with Crippen molar-refractivity contribution in [3.05, 3.63) is 46.1 Å². The molecule has 2 heterocycles. The van der Waals surface area contributed by atoms with Gasteiger partial charge in [-0.15, -0.1) is 0 Å². The number of hydrogen-bond acceptors (Lipinski definition) is 6. The molecule has 0 radical (unpaired) electrons. The highest BCUT2D eigenvalue weighted by Crippen LogP contribution is 2.32. The van der Waals surface area contributed by atoms with Crippen LogP contribution in [0.5, 0.6) is 5.75 Å². The minimum atomic E-state index is -0.866. The van der Waals surface area contributed by atoms with Crippen molar-refractivity contribution in [1.82, 2.24) is 9.88 Å². The Labute approximate surface area is 153 Å². The summed E-state index contributed by atoms with van der Waals surface area (Å²) >= 11 is 0. The van der Waals surface area contributed by atoms with E-state index in [4.69, 9.17) is 9.52 Å². The van der Waals surface area contributed by atoms with Crippen LogP contribution in [-0.2, 0) is 4.79 Å². The van der Waals surface area contributed by atoms with Crippen molar-refractivity contribution in [3.63, 3.8) is 0 Å². The number of hydrogen-bond donors (Lipinski definition) is 2. The summed E-state index contributed by atoms with van der Waals surface area (Å²) in [6.45, 7) is 0.550. The van der Waals surface area contributed by atoms with Gasteiger partial charge in [-0.1, -0.05) is 0 Å². The van der Waals surface area contributed by atoms with Gasteiger partial charge in [-0.05, 0) is 37.1 Å². The van der Waals surface area contributed by atoms with Gasteiger partial charge in [-0.25, -0.2) is 4.98 Å². The average molecular weight is 368 g/mol. The molecule has 1 amide bonds. The second-order valence-electron chi connectivity index (χ2n) is 6.56. The molecule has 0 atom stereocenters. The molecular formula is C19H16N2O6. The third-order valence-electron chi connectivity index (χ3n) is 4.84. The Kier molecular flexibility index (Phi) is 4.02. The van der Waals surface area contributed by atoms with Crippen LogP contribution in [0.15, 0.2) is 39.5 Å². The van der Waals surface area contributed by atoms with Crippen LogP contribution < -0.4 is 5.43 Å². The summed E-state index contributed by atoms with van der Waals surface area (Å²) < 4.78 is 5.75. The maximum absolute atomic E-state index is 13.0. The van der Waals surface area contributed by atoms with Crippen LogP contribution in [0.4, 0.5) is 0 Å². The molecule has 8 nitrogen and oxygen atoms in total. The number of aliphatic carboxylic acids is 1. The zero-order valence-corrected chi connectivity index (χ0v) is 14.2. The van der Waals surface area contributed by atoms with E-state index in [9.17, 15) is 19.5 Å². The zero-order chi connectivity index (χ0) is 19.1. The fraction of sp³-hybridized carbons (Fsp3) is 0.263. The van der Waals surface area contributed by atoms with E-state index in [-0.39, 0.29) is 41.2 Å². The Bertz CT molecular complexity index is 1080. The summed E-state index contributed by atoms with van der Waals surface area (Å²) in [4.78, 5) is 41.5. The van der Waals surface area contributed by atoms with Crippen LogP contribution in [0.3, 0.4) is 0 Å². The summed E-state index contributed by atoms with van der Waals surface area (Å²) in [5.41, 5.74) is 0.651. The van der Waals surface area contributed by atoms with Crippen molar-refractivity contribution >= 4 is 23.0 Å². The Morgan fingerprint density at radius 1 is 1.15 bits per heavy atom. The number of carboxylic acids is 1. The number of likely N-dealkylation sites (tertiary alicyclic amines) is 1. The molecule has 1 aromatic rings. The van der Waals surface area contributed by atoms with Gasteiger partial charge in [-0.3, -0.25) is 14.4 Å². The van der Waals surface area contributed by atoms with Crippen LogP contribution >= 0.6 is 0 Å². The molecule has 1 aromatic carbocycles. The SMILES string of the molecule is O=C(O)C1CCN(C(=O)c2c(O)ccc3nc4ccc(=O)cc-4oc23)CC1. The molecule has 8 heteroatoms. The van der Waals surface area contributed by atoms with Gasteiger partial charge in [-0.2, -0.15) is 0 Å². The molecule has 138 valence electrons. The lowest BCUT2D eigenvalue weighted by atomic mass is 9.96. The molecule has 2 N–H and O–H groups in total. The second-order valence-corrected chi connectivity index (χ2v) is 6.56. The zero-order valence-electron chi connectivity index (χ0n) is 14.2. The number of carbonyl (C=O) groups excluding carboxylic acids is 1. The third-order valence-corrected chi connectivity index (χ3v) is 4.84. The molecule has 0 unspecified atom stereocenters. The highest BCUT2D eigenvalue weighted by Gasteiger charge is 2.30. The first-order valence-corrected chi connectivity index (χ1v) is 8.52. The van der Waals surface area contributed by atoms with Crippen LogP contribution in [-0.4, -0.2) is 45.1 Å². The summed E-state index contributed by atoms with van der Waals surface area (Å²) in [5.74, 6) is -1.82. The van der Waals surface area contributed by atoms with E-state index in [1.807, 2.05) is 0 Å². The van der Waals surface area contributed by atoms with Crippen LogP contribution in [0.25, 0.3) is 22.6 Å². The summed E-state index contributed by atoms with van der Waals surface area (Å²) in [5, 5.41) is 19.4. The van der Waals surface area contributed by atoms with Gasteiger partial charge in [0.2, 0.25) is 0 Å². The van der Waals surface area contributed by atoms with Crippen molar-refractivity contribution in [1.29, 1.82) is 0 Å². The number of aromatic nitrogens is 1. The molecular weight excluding hydrogens is 352 g/mol. The molecule has 0 spiro atoms. The van der Waals surface area contributed by atoms with Gasteiger partial charge in [0.15, 0.2) is 16.8 Å². The van der Waals surface area contributed by atoms with Gasteiger partial charge in [0.25, 0.3) is 5.91 Å². The fourth-order valence-corrected chi connectivity index (χ4v) is 3.36. The number of carbonyl (C=O) groups is 2. The number of piperidine rings is 1. The number of benzene rings is 2. The first-order chi connectivity index (χ1) is 12.9. The summed E-state index contributed by atoms with van der Waals surface area (Å²) in [6.07, 6.45) is 0.703. The van der Waals surface area contributed by atoms with E-state index in [2.05, 4.69) is 4.98 Å². The third kappa shape index (κ3) is 2.99. The minimum absolute atomic E-state index is 0.0352. The first-order valence-electron chi connectivity index (χ1n) is 8.52. The molecule has 4 rings (SSSR count). The van der Waals surface area contributed by atoms with Gasteiger partial charge in [0.05, 0.1) is 5.92 Å². The summed E-state index contributed by atoms with van der Waals surface area (Å²) in [6, 6.07) is 7.09. The Morgan fingerprint density at radius 2 is 1.89 bits per heavy atom. The molecule has 3 aliphatic rings. The van der Waals surface area contributed by atoms with Crippen molar-refractivity contribution in [2.45, 2.75) is 12.8 Å². The topological polar surface area (TPSA) is 121 Å². The standard InChI is InChI=1S/C19H16N2O6/c22-11-1-2-12-15(9-11)27-17-13(20-12)3-4-14(23)16(17)18(24)21-7-5-10(6-8-21)19(25)26/h1-4,9-10,23H,5-8H2,(H,25,26). The van der Waals surface area contributed by atoms with E-state index in [1.165, 1.54) is 35.2 Å². The molecule has 1 fully saturated rings. The van der Waals surface area contributed by atoms with E-state index < -0.39 is 17.8 Å². The van der Waals surface area contributed by atoms with Crippen LogP contribution in [0.2, 0.25) is 0 Å². The first kappa shape index (κ1) is 17.0. The number of nitrogens with zero attached hydrogens (tertiary/aromatic N) is 2. The van der Waals surface area contributed by atoms with E-state index in [0.29, 0.717) is 24.1 Å². The lowest BCUT2D eigenvalue weighted by molar-refractivity contribution is -0.143.